The van der Waals surface area contributed by atoms with E-state index in [1.807, 2.05) is 30.3 Å². The number of carbonyl (C=O) groups excluding carboxylic acids is 2. The maximum atomic E-state index is 14.7. The number of sulfonamides is 1. The van der Waals surface area contributed by atoms with E-state index < -0.39 is 56.9 Å². The summed E-state index contributed by atoms with van der Waals surface area (Å²) >= 11 is 12.1. The Kier molecular flexibility index (Phi) is 12.4. The molecule has 5 rings (SSSR count). The number of amides is 2. The SMILES string of the molecule is Cc1ccc(S(=O)(=O)N(CC(=O)N(Cc2ccc(Cl)cc2)[C@@H](Cc2ccccc2)C(=O)NC2CCCCC2)c2ccc(Cl)c(C(F)(F)F)c2)cc1. The number of hydrogen-bond donors (Lipinski definition) is 1. The lowest BCUT2D eigenvalue weighted by molar-refractivity contribution is -0.140. The normalized spacial score (nSPS) is 14.5. The van der Waals surface area contributed by atoms with Crippen molar-refractivity contribution in [2.45, 2.75) is 75.1 Å². The molecule has 0 aromatic heterocycles. The molecule has 51 heavy (non-hydrogen) atoms. The smallest absolute Gasteiger partial charge is 0.352 e. The third-order valence-electron chi connectivity index (χ3n) is 8.92. The first-order chi connectivity index (χ1) is 24.2. The van der Waals surface area contributed by atoms with E-state index in [2.05, 4.69) is 5.32 Å². The van der Waals surface area contributed by atoms with Crippen LogP contribution in [0.25, 0.3) is 0 Å². The summed E-state index contributed by atoms with van der Waals surface area (Å²) in [5, 5.41) is 2.94. The third kappa shape index (κ3) is 9.84. The van der Waals surface area contributed by atoms with Crippen LogP contribution in [0.15, 0.2) is 102 Å². The van der Waals surface area contributed by atoms with Gasteiger partial charge in [-0.2, -0.15) is 13.2 Å². The predicted octanol–water partition coefficient (Wildman–Crippen LogP) is 8.60. The van der Waals surface area contributed by atoms with Crippen LogP contribution in [-0.2, 0) is 38.8 Å². The molecule has 4 aromatic rings. The maximum absolute atomic E-state index is 14.7. The van der Waals surface area contributed by atoms with E-state index in [0.717, 1.165) is 55.4 Å². The Morgan fingerprint density at radius 1 is 0.863 bits per heavy atom. The van der Waals surface area contributed by atoms with Crippen molar-refractivity contribution in [3.8, 4) is 0 Å². The number of halogens is 5. The van der Waals surface area contributed by atoms with Gasteiger partial charge in [0.2, 0.25) is 11.8 Å². The Hall–Kier alpha value is -4.06. The Labute approximate surface area is 306 Å². The molecule has 270 valence electrons. The molecule has 1 fully saturated rings. The summed E-state index contributed by atoms with van der Waals surface area (Å²) in [4.78, 5) is 29.9. The minimum atomic E-state index is -4.91. The van der Waals surface area contributed by atoms with E-state index >= 15 is 0 Å². The summed E-state index contributed by atoms with van der Waals surface area (Å²) in [6.07, 6.45) is -0.265. The van der Waals surface area contributed by atoms with Gasteiger partial charge in [0.15, 0.2) is 0 Å². The first kappa shape index (κ1) is 38.2. The topological polar surface area (TPSA) is 86.8 Å². The van der Waals surface area contributed by atoms with Gasteiger partial charge in [0.1, 0.15) is 12.6 Å². The summed E-state index contributed by atoms with van der Waals surface area (Å²) in [6.45, 7) is 0.732. The van der Waals surface area contributed by atoms with Crippen LogP contribution in [0.1, 0.15) is 54.4 Å². The second-order valence-corrected chi connectivity index (χ2v) is 15.4. The Balaban J connectivity index is 1.61. The second-order valence-electron chi connectivity index (χ2n) is 12.7. The Morgan fingerprint density at radius 2 is 1.51 bits per heavy atom. The summed E-state index contributed by atoms with van der Waals surface area (Å²) in [5.41, 5.74) is 0.439. The monoisotopic (exact) mass is 759 g/mol. The van der Waals surface area contributed by atoms with E-state index in [0.29, 0.717) is 21.0 Å². The van der Waals surface area contributed by atoms with Crippen LogP contribution >= 0.6 is 23.2 Å². The van der Waals surface area contributed by atoms with E-state index in [9.17, 15) is 31.2 Å². The minimum Gasteiger partial charge on any atom is -0.352 e. The van der Waals surface area contributed by atoms with Crippen molar-refractivity contribution >= 4 is 50.7 Å². The number of nitrogens with zero attached hydrogens (tertiary/aromatic N) is 2. The number of anilines is 1. The quantitative estimate of drug-likeness (QED) is 0.157. The van der Waals surface area contributed by atoms with Crippen LogP contribution in [0.3, 0.4) is 0 Å². The fraction of sp³-hybridized carbons (Fsp3) is 0.316. The number of aryl methyl sites for hydroxylation is 1. The molecule has 0 spiro atoms. The number of hydrogen-bond acceptors (Lipinski definition) is 4. The van der Waals surface area contributed by atoms with E-state index in [-0.39, 0.29) is 23.9 Å². The Bertz CT molecular complexity index is 1920. The molecule has 2 amide bonds. The molecule has 1 atom stereocenters. The molecule has 1 N–H and O–H groups in total. The largest absolute Gasteiger partial charge is 0.417 e. The van der Waals surface area contributed by atoms with Gasteiger partial charge in [0.25, 0.3) is 10.0 Å². The summed E-state index contributed by atoms with van der Waals surface area (Å²) in [6, 6.07) is 23.0. The predicted molar refractivity (Wildman–Crippen MR) is 193 cm³/mol. The summed E-state index contributed by atoms with van der Waals surface area (Å²) in [5.74, 6) is -1.21. The van der Waals surface area contributed by atoms with Gasteiger partial charge in [-0.05, 0) is 73.4 Å². The van der Waals surface area contributed by atoms with Gasteiger partial charge in [-0.1, -0.05) is 103 Å². The molecule has 0 radical (unpaired) electrons. The molecule has 0 bridgehead atoms. The van der Waals surface area contributed by atoms with Crippen LogP contribution < -0.4 is 9.62 Å². The first-order valence-electron chi connectivity index (χ1n) is 16.6. The molecule has 1 aliphatic carbocycles. The fourth-order valence-corrected chi connectivity index (χ4v) is 7.89. The van der Waals surface area contributed by atoms with Crippen molar-refractivity contribution in [3.63, 3.8) is 0 Å². The van der Waals surface area contributed by atoms with Crippen LogP contribution in [-0.4, -0.2) is 43.8 Å². The molecule has 4 aromatic carbocycles. The first-order valence-corrected chi connectivity index (χ1v) is 18.8. The number of nitrogens with one attached hydrogen (secondary N) is 1. The number of alkyl halides is 3. The molecule has 1 saturated carbocycles. The number of carbonyl (C=O) groups is 2. The zero-order chi connectivity index (χ0) is 36.8. The lowest BCUT2D eigenvalue weighted by Gasteiger charge is -2.35. The maximum Gasteiger partial charge on any atom is 0.417 e. The second kappa shape index (κ2) is 16.5. The van der Waals surface area contributed by atoms with E-state index in [1.54, 1.807) is 43.3 Å². The highest BCUT2D eigenvalue weighted by Gasteiger charge is 2.38. The number of rotatable bonds is 12. The third-order valence-corrected chi connectivity index (χ3v) is 11.3. The molecule has 1 aliphatic rings. The highest BCUT2D eigenvalue weighted by Crippen LogP contribution is 2.38. The molecule has 0 aliphatic heterocycles. The lowest BCUT2D eigenvalue weighted by atomic mass is 9.94. The van der Waals surface area contributed by atoms with Gasteiger partial charge >= 0.3 is 6.18 Å². The highest BCUT2D eigenvalue weighted by atomic mass is 35.5. The van der Waals surface area contributed by atoms with Crippen molar-refractivity contribution < 1.29 is 31.2 Å². The van der Waals surface area contributed by atoms with Crippen LogP contribution in [0.4, 0.5) is 18.9 Å². The van der Waals surface area contributed by atoms with E-state index in [1.165, 1.54) is 17.0 Å². The zero-order valence-corrected chi connectivity index (χ0v) is 30.2. The highest BCUT2D eigenvalue weighted by molar-refractivity contribution is 7.92. The van der Waals surface area contributed by atoms with Gasteiger partial charge in [-0.25, -0.2) is 8.42 Å². The standard InChI is InChI=1S/C38H38Cl2F3N3O4S/c1-26-12-19-32(20-13-26)51(49,50)46(31-18-21-34(40)33(23-31)38(41,42)43)25-36(47)45(24-28-14-16-29(39)17-15-28)35(22-27-8-4-2-5-9-27)37(48)44-30-10-6-3-7-11-30/h2,4-5,8-9,12-21,23,30,35H,3,6-7,10-11,22,24-25H2,1H3,(H,44,48)/t35-/m0/s1. The van der Waals surface area contributed by atoms with Gasteiger partial charge < -0.3 is 10.2 Å². The minimum absolute atomic E-state index is 0.0923. The Morgan fingerprint density at radius 3 is 2.14 bits per heavy atom. The molecule has 0 unspecified atom stereocenters. The zero-order valence-electron chi connectivity index (χ0n) is 27.9. The average molecular weight is 761 g/mol. The average Bonchev–Trinajstić information content (AvgIpc) is 3.10. The van der Waals surface area contributed by atoms with Crippen LogP contribution in [0.5, 0.6) is 0 Å². The molecule has 0 saturated heterocycles. The van der Waals surface area contributed by atoms with Crippen molar-refractivity contribution in [1.82, 2.24) is 10.2 Å². The molecule has 13 heteroatoms. The molecular formula is C38H38Cl2F3N3O4S. The van der Waals surface area contributed by atoms with Crippen molar-refractivity contribution in [2.24, 2.45) is 0 Å². The van der Waals surface area contributed by atoms with Crippen molar-refractivity contribution in [2.75, 3.05) is 10.8 Å². The van der Waals surface area contributed by atoms with Crippen LogP contribution in [0.2, 0.25) is 10.0 Å². The summed E-state index contributed by atoms with van der Waals surface area (Å²) < 4.78 is 71.2. The van der Waals surface area contributed by atoms with Gasteiger partial charge in [-0.3, -0.25) is 13.9 Å². The molecular weight excluding hydrogens is 722 g/mol. The molecule has 0 heterocycles. The van der Waals surface area contributed by atoms with Gasteiger partial charge in [0, 0.05) is 24.0 Å². The number of benzene rings is 4. The fourth-order valence-electron chi connectivity index (χ4n) is 6.14. The summed E-state index contributed by atoms with van der Waals surface area (Å²) in [7, 11) is -4.62. The molecule has 7 nitrogen and oxygen atoms in total. The van der Waals surface area contributed by atoms with Gasteiger partial charge in [-0.15, -0.1) is 0 Å². The van der Waals surface area contributed by atoms with Crippen LogP contribution in [0, 0.1) is 6.92 Å². The van der Waals surface area contributed by atoms with E-state index in [4.69, 9.17) is 23.2 Å². The van der Waals surface area contributed by atoms with Crippen molar-refractivity contribution in [1.29, 1.82) is 0 Å². The van der Waals surface area contributed by atoms with Gasteiger partial charge in [0.05, 0.1) is 21.2 Å². The van der Waals surface area contributed by atoms with Crippen molar-refractivity contribution in [3.05, 3.63) is 129 Å². The lowest BCUT2D eigenvalue weighted by Crippen LogP contribution is -2.55.